The van der Waals surface area contributed by atoms with E-state index in [0.29, 0.717) is 24.4 Å². The van der Waals surface area contributed by atoms with Crippen molar-refractivity contribution in [2.75, 3.05) is 10.6 Å². The molecular weight excluding hydrogens is 282 g/mol. The molecule has 6 heteroatoms. The van der Waals surface area contributed by atoms with E-state index in [1.807, 2.05) is 24.3 Å². The third kappa shape index (κ3) is 3.16. The van der Waals surface area contributed by atoms with Crippen molar-refractivity contribution in [2.24, 2.45) is 5.92 Å². The Morgan fingerprint density at radius 1 is 1.45 bits per heavy atom. The summed E-state index contributed by atoms with van der Waals surface area (Å²) in [5.74, 6) is 0.669. The van der Waals surface area contributed by atoms with Crippen LogP contribution in [0.25, 0.3) is 0 Å². The van der Waals surface area contributed by atoms with Crippen LogP contribution in [0.1, 0.15) is 24.2 Å². The minimum Gasteiger partial charge on any atom is -0.360 e. The van der Waals surface area contributed by atoms with Gasteiger partial charge in [0.1, 0.15) is 5.76 Å². The predicted molar refractivity (Wildman–Crippen MR) is 81.4 cm³/mol. The van der Waals surface area contributed by atoms with Crippen LogP contribution in [0.4, 0.5) is 11.5 Å². The molecule has 6 nitrogen and oxygen atoms in total. The standard InChI is InChI=1S/C16H17N3O3/c1-10-8-14(19-22-10)18-15(20)7-6-12-9-11-4-2-3-5-13(11)17-16(12)21/h2-5,8,12H,6-7,9H2,1H3,(H,17,21)(H,18,19,20)/t12-/m0/s1. The molecule has 0 aliphatic carbocycles. The van der Waals surface area contributed by atoms with Crippen LogP contribution in [0.2, 0.25) is 0 Å². The number of carbonyl (C=O) groups excluding carboxylic acids is 2. The number of hydrogen-bond donors (Lipinski definition) is 2. The lowest BCUT2D eigenvalue weighted by Crippen LogP contribution is -2.30. The van der Waals surface area contributed by atoms with Crippen LogP contribution < -0.4 is 10.6 Å². The Bertz CT molecular complexity index is 708. The minimum atomic E-state index is -0.181. The third-order valence-corrected chi connectivity index (χ3v) is 3.73. The summed E-state index contributed by atoms with van der Waals surface area (Å²) in [7, 11) is 0. The molecule has 3 rings (SSSR count). The van der Waals surface area contributed by atoms with E-state index in [-0.39, 0.29) is 24.2 Å². The Balaban J connectivity index is 1.55. The molecule has 0 bridgehead atoms. The smallest absolute Gasteiger partial charge is 0.227 e. The molecule has 2 heterocycles. The molecule has 114 valence electrons. The molecule has 22 heavy (non-hydrogen) atoms. The van der Waals surface area contributed by atoms with E-state index in [4.69, 9.17) is 4.52 Å². The Hall–Kier alpha value is -2.63. The third-order valence-electron chi connectivity index (χ3n) is 3.73. The van der Waals surface area contributed by atoms with Crippen molar-refractivity contribution in [1.82, 2.24) is 5.16 Å². The van der Waals surface area contributed by atoms with Crippen LogP contribution >= 0.6 is 0 Å². The lowest BCUT2D eigenvalue weighted by Gasteiger charge is -2.24. The van der Waals surface area contributed by atoms with Gasteiger partial charge in [-0.25, -0.2) is 0 Å². The van der Waals surface area contributed by atoms with Gasteiger partial charge in [0.05, 0.1) is 0 Å². The second kappa shape index (κ2) is 6.01. The van der Waals surface area contributed by atoms with E-state index in [2.05, 4.69) is 15.8 Å². The normalized spacial score (nSPS) is 16.8. The van der Waals surface area contributed by atoms with Crippen LogP contribution in [0, 0.1) is 12.8 Å². The largest absolute Gasteiger partial charge is 0.360 e. The van der Waals surface area contributed by atoms with Gasteiger partial charge in [-0.1, -0.05) is 23.4 Å². The zero-order valence-electron chi connectivity index (χ0n) is 12.3. The summed E-state index contributed by atoms with van der Waals surface area (Å²) in [4.78, 5) is 24.0. The van der Waals surface area contributed by atoms with Gasteiger partial charge >= 0.3 is 0 Å². The van der Waals surface area contributed by atoms with Crippen LogP contribution in [-0.2, 0) is 16.0 Å². The van der Waals surface area contributed by atoms with Crippen molar-refractivity contribution in [3.63, 3.8) is 0 Å². The van der Waals surface area contributed by atoms with Gasteiger partial charge in [-0.3, -0.25) is 9.59 Å². The SMILES string of the molecule is Cc1cc(NC(=O)CC[C@H]2Cc3ccccc3NC2=O)no1. The maximum absolute atomic E-state index is 12.1. The highest BCUT2D eigenvalue weighted by Gasteiger charge is 2.26. The first-order valence-electron chi connectivity index (χ1n) is 7.24. The Morgan fingerprint density at radius 3 is 3.05 bits per heavy atom. The number of benzene rings is 1. The summed E-state index contributed by atoms with van der Waals surface area (Å²) in [6.07, 6.45) is 1.44. The molecule has 2 aromatic rings. The van der Waals surface area contributed by atoms with Crippen molar-refractivity contribution in [2.45, 2.75) is 26.2 Å². The highest BCUT2D eigenvalue weighted by molar-refractivity contribution is 5.96. The average Bonchev–Trinajstić information content (AvgIpc) is 2.90. The number of anilines is 2. The second-order valence-corrected chi connectivity index (χ2v) is 5.46. The van der Waals surface area contributed by atoms with Crippen molar-refractivity contribution in [3.8, 4) is 0 Å². The molecule has 0 saturated carbocycles. The zero-order valence-corrected chi connectivity index (χ0v) is 12.3. The van der Waals surface area contributed by atoms with E-state index in [1.165, 1.54) is 0 Å². The Morgan fingerprint density at radius 2 is 2.27 bits per heavy atom. The first-order chi connectivity index (χ1) is 10.6. The molecule has 1 aliphatic heterocycles. The molecule has 0 fully saturated rings. The summed E-state index contributed by atoms with van der Waals surface area (Å²) in [5.41, 5.74) is 1.98. The van der Waals surface area contributed by atoms with Crippen molar-refractivity contribution < 1.29 is 14.1 Å². The number of nitrogens with one attached hydrogen (secondary N) is 2. The molecule has 0 spiro atoms. The first kappa shape index (κ1) is 14.3. The molecular formula is C16H17N3O3. The Kier molecular flexibility index (Phi) is 3.91. The number of amides is 2. The lowest BCUT2D eigenvalue weighted by atomic mass is 9.89. The number of nitrogens with zero attached hydrogens (tertiary/aromatic N) is 1. The number of carbonyl (C=O) groups is 2. The average molecular weight is 299 g/mol. The summed E-state index contributed by atoms with van der Waals surface area (Å²) < 4.78 is 4.89. The lowest BCUT2D eigenvalue weighted by molar-refractivity contribution is -0.121. The molecule has 2 N–H and O–H groups in total. The number of aryl methyl sites for hydroxylation is 1. The van der Waals surface area contributed by atoms with Gasteiger partial charge in [-0.15, -0.1) is 0 Å². The first-order valence-corrected chi connectivity index (χ1v) is 7.24. The van der Waals surface area contributed by atoms with Crippen molar-refractivity contribution >= 4 is 23.3 Å². The molecule has 0 unspecified atom stereocenters. The highest BCUT2D eigenvalue weighted by atomic mass is 16.5. The maximum Gasteiger partial charge on any atom is 0.227 e. The summed E-state index contributed by atoms with van der Waals surface area (Å²) in [6.45, 7) is 1.76. The van der Waals surface area contributed by atoms with Gasteiger partial charge in [-0.2, -0.15) is 0 Å². The monoisotopic (exact) mass is 299 g/mol. The molecule has 0 saturated heterocycles. The minimum absolute atomic E-state index is 0.0243. The van der Waals surface area contributed by atoms with E-state index in [1.54, 1.807) is 13.0 Å². The van der Waals surface area contributed by atoms with Gasteiger partial charge in [0.2, 0.25) is 11.8 Å². The second-order valence-electron chi connectivity index (χ2n) is 5.46. The molecule has 1 aliphatic rings. The Labute approximate surface area is 127 Å². The van der Waals surface area contributed by atoms with Crippen molar-refractivity contribution in [1.29, 1.82) is 0 Å². The van der Waals surface area contributed by atoms with E-state index in [0.717, 1.165) is 11.3 Å². The summed E-state index contributed by atoms with van der Waals surface area (Å²) in [6, 6.07) is 9.39. The number of fused-ring (bicyclic) bond motifs is 1. The van der Waals surface area contributed by atoms with Crippen LogP contribution in [-0.4, -0.2) is 17.0 Å². The van der Waals surface area contributed by atoms with Crippen molar-refractivity contribution in [3.05, 3.63) is 41.7 Å². The number of para-hydroxylation sites is 1. The topological polar surface area (TPSA) is 84.2 Å². The van der Waals surface area contributed by atoms with Gasteiger partial charge in [-0.05, 0) is 31.4 Å². The molecule has 0 radical (unpaired) electrons. The molecule has 1 aromatic carbocycles. The van der Waals surface area contributed by atoms with Crippen LogP contribution in [0.15, 0.2) is 34.9 Å². The number of hydrogen-bond acceptors (Lipinski definition) is 4. The summed E-state index contributed by atoms with van der Waals surface area (Å²) in [5, 5.41) is 9.26. The fourth-order valence-corrected chi connectivity index (χ4v) is 2.58. The van der Waals surface area contributed by atoms with Crippen LogP contribution in [0.3, 0.4) is 0 Å². The summed E-state index contributed by atoms with van der Waals surface area (Å²) >= 11 is 0. The fourth-order valence-electron chi connectivity index (χ4n) is 2.58. The zero-order chi connectivity index (χ0) is 15.5. The van der Waals surface area contributed by atoms with Gasteiger partial charge < -0.3 is 15.2 Å². The van der Waals surface area contributed by atoms with Gasteiger partial charge in [0.25, 0.3) is 0 Å². The predicted octanol–water partition coefficient (Wildman–Crippen LogP) is 2.51. The fraction of sp³-hybridized carbons (Fsp3) is 0.312. The van der Waals surface area contributed by atoms with Crippen LogP contribution in [0.5, 0.6) is 0 Å². The van der Waals surface area contributed by atoms with Gasteiger partial charge in [0.15, 0.2) is 5.82 Å². The number of aromatic nitrogens is 1. The molecule has 2 amide bonds. The van der Waals surface area contributed by atoms with E-state index >= 15 is 0 Å². The highest BCUT2D eigenvalue weighted by Crippen LogP contribution is 2.27. The van der Waals surface area contributed by atoms with E-state index < -0.39 is 0 Å². The quantitative estimate of drug-likeness (QED) is 0.908. The van der Waals surface area contributed by atoms with Gasteiger partial charge in [0, 0.05) is 24.1 Å². The maximum atomic E-state index is 12.1. The molecule has 1 aromatic heterocycles. The number of rotatable bonds is 4. The van der Waals surface area contributed by atoms with E-state index in [9.17, 15) is 9.59 Å². The molecule has 1 atom stereocenters.